The van der Waals surface area contributed by atoms with E-state index in [4.69, 9.17) is 0 Å². The van der Waals surface area contributed by atoms with Crippen LogP contribution in [0, 0.1) is 24.2 Å². The van der Waals surface area contributed by atoms with Crippen LogP contribution in [-0.4, -0.2) is 5.33 Å². The number of rotatable bonds is 2. The molecule has 2 atom stereocenters. The summed E-state index contributed by atoms with van der Waals surface area (Å²) < 4.78 is 2.63. The molecule has 1 heterocycles. The van der Waals surface area contributed by atoms with E-state index in [9.17, 15) is 0 Å². The van der Waals surface area contributed by atoms with Crippen molar-refractivity contribution in [1.82, 2.24) is 0 Å². The van der Waals surface area contributed by atoms with Gasteiger partial charge in [-0.15, -0.1) is 0 Å². The van der Waals surface area contributed by atoms with Gasteiger partial charge in [-0.25, -0.2) is 0 Å². The van der Waals surface area contributed by atoms with Crippen molar-refractivity contribution in [2.24, 2.45) is 17.3 Å². The molecular formula is C17H23BrN+. The van der Waals surface area contributed by atoms with E-state index in [1.165, 1.54) is 49.5 Å². The van der Waals surface area contributed by atoms with Crippen LogP contribution in [0.4, 0.5) is 0 Å². The fourth-order valence-corrected chi connectivity index (χ4v) is 6.56. The first-order chi connectivity index (χ1) is 9.15. The molecule has 1 aromatic rings. The molecule has 2 unspecified atom stereocenters. The van der Waals surface area contributed by atoms with Gasteiger partial charge in [0, 0.05) is 43.6 Å². The summed E-state index contributed by atoms with van der Waals surface area (Å²) in [5.74, 6) is 1.96. The van der Waals surface area contributed by atoms with Crippen molar-refractivity contribution in [3.8, 4) is 0 Å². The Kier molecular flexibility index (Phi) is 2.65. The number of halogens is 1. The topological polar surface area (TPSA) is 3.88 Å². The Balaban J connectivity index is 1.81. The highest BCUT2D eigenvalue weighted by molar-refractivity contribution is 9.09. The minimum atomic E-state index is 0.434. The summed E-state index contributed by atoms with van der Waals surface area (Å²) in [5, 5.41) is 1.21. The molecule has 4 aliphatic carbocycles. The molecule has 0 saturated heterocycles. The van der Waals surface area contributed by atoms with Crippen molar-refractivity contribution in [3.05, 3.63) is 30.1 Å². The number of aromatic nitrogens is 1. The first-order valence-corrected chi connectivity index (χ1v) is 8.81. The van der Waals surface area contributed by atoms with Crippen LogP contribution in [0.3, 0.4) is 0 Å². The van der Waals surface area contributed by atoms with Gasteiger partial charge in [0.1, 0.15) is 0 Å². The standard InChI is InChI=1S/C17H23BrN/c1-13-4-2-3-5-19(13)17-9-14-6-15(10-17)8-16(7-14,11-17)12-18/h2-5,14-15H,6-12H2,1H3/q+1. The lowest BCUT2D eigenvalue weighted by molar-refractivity contribution is -0.783. The fraction of sp³-hybridized carbons (Fsp3) is 0.706. The van der Waals surface area contributed by atoms with Crippen molar-refractivity contribution in [2.75, 3.05) is 5.33 Å². The minimum Gasteiger partial charge on any atom is -0.197 e. The molecule has 4 fully saturated rings. The maximum absolute atomic E-state index is 3.84. The summed E-state index contributed by atoms with van der Waals surface area (Å²) in [6.07, 6.45) is 11.0. The summed E-state index contributed by atoms with van der Waals surface area (Å²) >= 11 is 3.84. The van der Waals surface area contributed by atoms with Gasteiger partial charge in [0.15, 0.2) is 17.4 Å². The summed E-state index contributed by atoms with van der Waals surface area (Å²) in [6.45, 7) is 2.28. The Morgan fingerprint density at radius 1 is 1.21 bits per heavy atom. The number of aryl methyl sites for hydroxylation is 1. The highest BCUT2D eigenvalue weighted by Crippen LogP contribution is 2.63. The van der Waals surface area contributed by atoms with Crippen molar-refractivity contribution < 1.29 is 4.57 Å². The Morgan fingerprint density at radius 3 is 2.58 bits per heavy atom. The number of hydrogen-bond acceptors (Lipinski definition) is 0. The van der Waals surface area contributed by atoms with E-state index in [0.717, 1.165) is 11.8 Å². The summed E-state index contributed by atoms with van der Waals surface area (Å²) in [6, 6.07) is 6.67. The molecule has 19 heavy (non-hydrogen) atoms. The number of nitrogens with zero attached hydrogens (tertiary/aromatic N) is 1. The second-order valence-corrected chi connectivity index (χ2v) is 8.09. The number of alkyl halides is 1. The highest BCUT2D eigenvalue weighted by atomic mass is 79.9. The van der Waals surface area contributed by atoms with Crippen molar-refractivity contribution in [1.29, 1.82) is 0 Å². The third-order valence-corrected chi connectivity index (χ3v) is 7.20. The maximum atomic E-state index is 3.84. The maximum Gasteiger partial charge on any atom is 0.178 e. The van der Waals surface area contributed by atoms with Gasteiger partial charge in [0.2, 0.25) is 0 Å². The third-order valence-electron chi connectivity index (χ3n) is 6.01. The molecule has 1 nitrogen and oxygen atoms in total. The molecule has 0 aliphatic heterocycles. The smallest absolute Gasteiger partial charge is 0.178 e. The van der Waals surface area contributed by atoms with Crippen LogP contribution in [0.15, 0.2) is 24.4 Å². The summed E-state index contributed by atoms with van der Waals surface area (Å²) in [4.78, 5) is 0. The van der Waals surface area contributed by atoms with E-state index < -0.39 is 0 Å². The first kappa shape index (κ1) is 12.4. The van der Waals surface area contributed by atoms with E-state index >= 15 is 0 Å². The van der Waals surface area contributed by atoms with Crippen molar-refractivity contribution in [3.63, 3.8) is 0 Å². The van der Waals surface area contributed by atoms with E-state index in [2.05, 4.69) is 51.8 Å². The molecule has 0 amide bonds. The van der Waals surface area contributed by atoms with Crippen LogP contribution in [0.25, 0.3) is 0 Å². The van der Waals surface area contributed by atoms with E-state index in [1.807, 2.05) is 0 Å². The predicted octanol–water partition coefficient (Wildman–Crippen LogP) is 3.97. The quantitative estimate of drug-likeness (QED) is 0.573. The molecule has 4 bridgehead atoms. The third kappa shape index (κ3) is 1.75. The highest BCUT2D eigenvalue weighted by Gasteiger charge is 2.62. The van der Waals surface area contributed by atoms with Gasteiger partial charge in [-0.3, -0.25) is 0 Å². The second-order valence-electron chi connectivity index (χ2n) is 7.53. The average molecular weight is 321 g/mol. The molecule has 0 spiro atoms. The Hall–Kier alpha value is -0.370. The van der Waals surface area contributed by atoms with Gasteiger partial charge in [0.25, 0.3) is 0 Å². The second kappa shape index (κ2) is 4.07. The van der Waals surface area contributed by atoms with Crippen LogP contribution in [-0.2, 0) is 5.54 Å². The van der Waals surface area contributed by atoms with Gasteiger partial charge >= 0.3 is 0 Å². The molecule has 102 valence electrons. The van der Waals surface area contributed by atoms with E-state index in [-0.39, 0.29) is 0 Å². The Bertz CT molecular complexity index is 496. The minimum absolute atomic E-state index is 0.434. The van der Waals surface area contributed by atoms with Gasteiger partial charge in [-0.2, -0.15) is 4.57 Å². The zero-order valence-electron chi connectivity index (χ0n) is 11.7. The Labute approximate surface area is 124 Å². The number of hydrogen-bond donors (Lipinski definition) is 0. The molecule has 4 saturated carbocycles. The van der Waals surface area contributed by atoms with Crippen molar-refractivity contribution >= 4 is 15.9 Å². The Morgan fingerprint density at radius 2 is 1.95 bits per heavy atom. The lowest BCUT2D eigenvalue weighted by Gasteiger charge is -2.59. The molecule has 4 aliphatic rings. The lowest BCUT2D eigenvalue weighted by atomic mass is 9.47. The number of pyridine rings is 1. The molecule has 0 N–H and O–H groups in total. The summed E-state index contributed by atoms with van der Waals surface area (Å²) in [5.41, 5.74) is 2.47. The lowest BCUT2D eigenvalue weighted by Crippen LogP contribution is -2.68. The van der Waals surface area contributed by atoms with Crippen LogP contribution >= 0.6 is 15.9 Å². The van der Waals surface area contributed by atoms with Crippen LogP contribution in [0.2, 0.25) is 0 Å². The van der Waals surface area contributed by atoms with E-state index in [1.54, 1.807) is 0 Å². The fourth-order valence-electron chi connectivity index (χ4n) is 5.90. The zero-order valence-corrected chi connectivity index (χ0v) is 13.3. The van der Waals surface area contributed by atoms with Gasteiger partial charge in [-0.05, 0) is 36.5 Å². The van der Waals surface area contributed by atoms with Crippen LogP contribution < -0.4 is 4.57 Å². The summed E-state index contributed by atoms with van der Waals surface area (Å²) in [7, 11) is 0. The van der Waals surface area contributed by atoms with Crippen molar-refractivity contribution in [2.45, 2.75) is 51.0 Å². The largest absolute Gasteiger partial charge is 0.197 e. The van der Waals surface area contributed by atoms with Gasteiger partial charge in [-0.1, -0.05) is 22.0 Å². The van der Waals surface area contributed by atoms with Crippen LogP contribution in [0.5, 0.6) is 0 Å². The predicted molar refractivity (Wildman–Crippen MR) is 80.3 cm³/mol. The van der Waals surface area contributed by atoms with Gasteiger partial charge in [0.05, 0.1) is 0 Å². The zero-order chi connectivity index (χ0) is 13.1. The molecule has 0 aromatic carbocycles. The average Bonchev–Trinajstić information content (AvgIpc) is 2.37. The molecular weight excluding hydrogens is 298 g/mol. The van der Waals surface area contributed by atoms with Crippen LogP contribution in [0.1, 0.15) is 44.2 Å². The molecule has 2 heteroatoms. The molecule has 5 rings (SSSR count). The first-order valence-electron chi connectivity index (χ1n) is 7.69. The molecule has 1 aromatic heterocycles. The normalized spacial score (nSPS) is 43.7. The van der Waals surface area contributed by atoms with E-state index in [0.29, 0.717) is 11.0 Å². The SMILES string of the molecule is Cc1cccc[n+]1C12CC3CC(CC(CBr)(C3)C1)C2. The van der Waals surface area contributed by atoms with Gasteiger partial charge < -0.3 is 0 Å². The monoisotopic (exact) mass is 320 g/mol. The molecule has 0 radical (unpaired) electrons.